The van der Waals surface area contributed by atoms with Crippen molar-refractivity contribution < 1.29 is 23.1 Å². The Balaban J connectivity index is 2.04. The van der Waals surface area contributed by atoms with Gasteiger partial charge >= 0.3 is 0 Å². The number of amides is 1. The number of rotatable bonds is 6. The highest BCUT2D eigenvalue weighted by molar-refractivity contribution is 5.98. The second kappa shape index (κ2) is 7.59. The first-order chi connectivity index (χ1) is 12.5. The summed E-state index contributed by atoms with van der Waals surface area (Å²) in [6.07, 6.45) is 3.28. The van der Waals surface area contributed by atoms with Crippen molar-refractivity contribution >= 4 is 16.8 Å². The predicted octanol–water partition coefficient (Wildman–Crippen LogP) is 2.80. The molecule has 0 saturated carbocycles. The quantitative estimate of drug-likeness (QED) is 0.686. The van der Waals surface area contributed by atoms with E-state index in [0.29, 0.717) is 16.6 Å². The minimum atomic E-state index is -0.624. The van der Waals surface area contributed by atoms with Gasteiger partial charge in [0.05, 0.1) is 32.0 Å². The van der Waals surface area contributed by atoms with Gasteiger partial charge in [0.25, 0.3) is 5.91 Å². The highest BCUT2D eigenvalue weighted by Crippen LogP contribution is 2.24. The average Bonchev–Trinajstić information content (AvgIpc) is 3.01. The lowest BCUT2D eigenvalue weighted by Crippen LogP contribution is -2.24. The Morgan fingerprint density at radius 1 is 1.27 bits per heavy atom. The summed E-state index contributed by atoms with van der Waals surface area (Å²) in [5.74, 6) is -1.73. The standard InChI is InChI=1S/C18H17F2N3O3/c1-25-10-14-13-5-6-23(9-11-3-4-12(19)7-15(11)20)16(13)8-21-17(14)18(24)22-26-2/h3-8H,9-10H2,1-2H3,(H,22,24). The molecule has 1 amide bonds. The fourth-order valence-electron chi connectivity index (χ4n) is 2.81. The summed E-state index contributed by atoms with van der Waals surface area (Å²) in [4.78, 5) is 21.0. The number of carbonyl (C=O) groups excluding carboxylic acids is 1. The molecule has 0 unspecified atom stereocenters. The first-order valence-corrected chi connectivity index (χ1v) is 7.78. The lowest BCUT2D eigenvalue weighted by atomic mass is 10.1. The number of hydrogen-bond donors (Lipinski definition) is 1. The van der Waals surface area contributed by atoms with Crippen molar-refractivity contribution in [3.8, 4) is 0 Å². The molecular weight excluding hydrogens is 344 g/mol. The number of hydroxylamine groups is 1. The van der Waals surface area contributed by atoms with Crippen molar-refractivity contribution in [3.05, 3.63) is 65.1 Å². The van der Waals surface area contributed by atoms with Gasteiger partial charge in [0.2, 0.25) is 0 Å². The molecule has 26 heavy (non-hydrogen) atoms. The van der Waals surface area contributed by atoms with Crippen molar-refractivity contribution in [2.45, 2.75) is 13.2 Å². The molecule has 136 valence electrons. The molecule has 0 fully saturated rings. The summed E-state index contributed by atoms with van der Waals surface area (Å²) < 4.78 is 34.0. The van der Waals surface area contributed by atoms with Crippen molar-refractivity contribution in [1.29, 1.82) is 0 Å². The van der Waals surface area contributed by atoms with E-state index >= 15 is 0 Å². The number of carbonyl (C=O) groups is 1. The zero-order valence-corrected chi connectivity index (χ0v) is 14.3. The fraction of sp³-hybridized carbons (Fsp3) is 0.222. The first kappa shape index (κ1) is 18.0. The van der Waals surface area contributed by atoms with E-state index in [1.807, 2.05) is 0 Å². The number of nitrogens with one attached hydrogen (secondary N) is 1. The lowest BCUT2D eigenvalue weighted by Gasteiger charge is -2.11. The van der Waals surface area contributed by atoms with Gasteiger partial charge in [-0.05, 0) is 12.1 Å². The Morgan fingerprint density at radius 3 is 2.77 bits per heavy atom. The second-order valence-electron chi connectivity index (χ2n) is 5.63. The minimum Gasteiger partial charge on any atom is -0.380 e. The Hall–Kier alpha value is -2.84. The third-order valence-electron chi connectivity index (χ3n) is 3.99. The van der Waals surface area contributed by atoms with E-state index in [4.69, 9.17) is 4.74 Å². The third kappa shape index (κ3) is 3.42. The Bertz CT molecular complexity index is 956. The molecule has 8 heteroatoms. The summed E-state index contributed by atoms with van der Waals surface area (Å²) >= 11 is 0. The Labute approximate surface area is 148 Å². The smallest absolute Gasteiger partial charge is 0.293 e. The van der Waals surface area contributed by atoms with Crippen LogP contribution in [0.25, 0.3) is 10.9 Å². The number of benzene rings is 1. The van der Waals surface area contributed by atoms with Crippen LogP contribution in [0.1, 0.15) is 21.6 Å². The summed E-state index contributed by atoms with van der Waals surface area (Å²) in [6.45, 7) is 0.374. The van der Waals surface area contributed by atoms with Crippen LogP contribution in [0.2, 0.25) is 0 Å². The molecule has 3 aromatic rings. The van der Waals surface area contributed by atoms with Gasteiger partial charge in [-0.25, -0.2) is 19.2 Å². The van der Waals surface area contributed by atoms with Crippen LogP contribution in [0.4, 0.5) is 8.78 Å². The molecule has 6 nitrogen and oxygen atoms in total. The summed E-state index contributed by atoms with van der Waals surface area (Å²) in [5.41, 5.74) is 4.07. The number of aromatic nitrogens is 2. The van der Waals surface area contributed by atoms with Crippen molar-refractivity contribution in [2.24, 2.45) is 0 Å². The van der Waals surface area contributed by atoms with Gasteiger partial charge in [-0.15, -0.1) is 0 Å². The van der Waals surface area contributed by atoms with Gasteiger partial charge in [0, 0.05) is 35.9 Å². The molecule has 0 aliphatic rings. The van der Waals surface area contributed by atoms with Crippen molar-refractivity contribution in [2.75, 3.05) is 14.2 Å². The van der Waals surface area contributed by atoms with Gasteiger partial charge in [0.1, 0.15) is 17.3 Å². The number of halogens is 2. The number of pyridine rings is 1. The van der Waals surface area contributed by atoms with Crippen molar-refractivity contribution in [3.63, 3.8) is 0 Å². The molecular formula is C18H17F2N3O3. The highest BCUT2D eigenvalue weighted by atomic mass is 19.1. The van der Waals surface area contributed by atoms with Gasteiger partial charge < -0.3 is 9.30 Å². The van der Waals surface area contributed by atoms with Gasteiger partial charge in [-0.1, -0.05) is 6.07 Å². The normalized spacial score (nSPS) is 11.1. The fourth-order valence-corrected chi connectivity index (χ4v) is 2.81. The van der Waals surface area contributed by atoms with Gasteiger partial charge in [-0.3, -0.25) is 9.63 Å². The number of fused-ring (bicyclic) bond motifs is 1. The maximum Gasteiger partial charge on any atom is 0.293 e. The molecule has 0 aliphatic heterocycles. The van der Waals surface area contributed by atoms with E-state index < -0.39 is 17.5 Å². The van der Waals surface area contributed by atoms with Crippen LogP contribution < -0.4 is 5.48 Å². The zero-order chi connectivity index (χ0) is 18.7. The topological polar surface area (TPSA) is 65.4 Å². The Kier molecular flexibility index (Phi) is 5.24. The summed E-state index contributed by atoms with van der Waals surface area (Å²) in [6, 6.07) is 5.27. The SMILES string of the molecule is COCc1c(C(=O)NOC)ncc2c1ccn2Cc1ccc(F)cc1F. The number of nitrogens with zero attached hydrogens (tertiary/aromatic N) is 2. The number of methoxy groups -OCH3 is 1. The number of hydrogen-bond acceptors (Lipinski definition) is 4. The number of ether oxygens (including phenoxy) is 1. The summed E-state index contributed by atoms with van der Waals surface area (Å²) in [5, 5.41) is 0.755. The molecule has 0 atom stereocenters. The third-order valence-corrected chi connectivity index (χ3v) is 3.99. The predicted molar refractivity (Wildman–Crippen MR) is 90.4 cm³/mol. The lowest BCUT2D eigenvalue weighted by molar-refractivity contribution is 0.0528. The molecule has 2 heterocycles. The molecule has 0 aliphatic carbocycles. The molecule has 0 radical (unpaired) electrons. The van der Waals surface area contributed by atoms with E-state index in [1.165, 1.54) is 32.5 Å². The molecule has 3 rings (SSSR count). The molecule has 0 saturated heterocycles. The van der Waals surface area contributed by atoms with Crippen LogP contribution in [0.5, 0.6) is 0 Å². The maximum absolute atomic E-state index is 13.9. The van der Waals surface area contributed by atoms with Crippen LogP contribution in [0.3, 0.4) is 0 Å². The van der Waals surface area contributed by atoms with E-state index in [-0.39, 0.29) is 18.8 Å². The second-order valence-corrected chi connectivity index (χ2v) is 5.63. The molecule has 2 aromatic heterocycles. The Morgan fingerprint density at radius 2 is 2.08 bits per heavy atom. The van der Waals surface area contributed by atoms with E-state index in [9.17, 15) is 13.6 Å². The first-order valence-electron chi connectivity index (χ1n) is 7.78. The monoisotopic (exact) mass is 361 g/mol. The van der Waals surface area contributed by atoms with Crippen molar-refractivity contribution in [1.82, 2.24) is 15.0 Å². The van der Waals surface area contributed by atoms with Crippen LogP contribution in [0, 0.1) is 11.6 Å². The van der Waals surface area contributed by atoms with E-state index in [0.717, 1.165) is 11.5 Å². The maximum atomic E-state index is 13.9. The van der Waals surface area contributed by atoms with Crippen LogP contribution in [-0.4, -0.2) is 29.7 Å². The van der Waals surface area contributed by atoms with E-state index in [2.05, 4.69) is 15.3 Å². The van der Waals surface area contributed by atoms with Gasteiger partial charge in [-0.2, -0.15) is 0 Å². The van der Waals surface area contributed by atoms with Crippen LogP contribution in [-0.2, 0) is 22.7 Å². The summed E-state index contributed by atoms with van der Waals surface area (Å²) in [7, 11) is 2.85. The van der Waals surface area contributed by atoms with E-state index in [1.54, 1.807) is 16.8 Å². The average molecular weight is 361 g/mol. The molecule has 1 aromatic carbocycles. The largest absolute Gasteiger partial charge is 0.380 e. The van der Waals surface area contributed by atoms with Gasteiger partial charge in [0.15, 0.2) is 0 Å². The highest BCUT2D eigenvalue weighted by Gasteiger charge is 2.18. The molecule has 1 N–H and O–H groups in total. The van der Waals surface area contributed by atoms with Crippen LogP contribution >= 0.6 is 0 Å². The zero-order valence-electron chi connectivity index (χ0n) is 14.3. The molecule has 0 spiro atoms. The van der Waals surface area contributed by atoms with Crippen LogP contribution in [0.15, 0.2) is 36.7 Å². The minimum absolute atomic E-state index is 0.172. The molecule has 0 bridgehead atoms.